The first kappa shape index (κ1) is 14.6. The highest BCUT2D eigenvalue weighted by Gasteiger charge is 2.22. The van der Waals surface area contributed by atoms with Gasteiger partial charge in [0.1, 0.15) is 6.54 Å². The van der Waals surface area contributed by atoms with E-state index in [2.05, 4.69) is 0 Å². The van der Waals surface area contributed by atoms with Gasteiger partial charge >= 0.3 is 5.97 Å². The number of ether oxygens (including phenoxy) is 1. The molecule has 18 heavy (non-hydrogen) atoms. The molecule has 0 aromatic carbocycles. The molecule has 0 unspecified atom stereocenters. The number of carbonyl (C=O) groups is 3. The number of hydrogen-bond donors (Lipinski definition) is 0. The predicted octanol–water partition coefficient (Wildman–Crippen LogP) is 1.05. The van der Waals surface area contributed by atoms with Crippen LogP contribution in [0.15, 0.2) is 0 Å². The second-order valence-electron chi connectivity index (χ2n) is 4.43. The summed E-state index contributed by atoms with van der Waals surface area (Å²) < 4.78 is 4.92. The average Bonchev–Trinajstić information content (AvgIpc) is 2.38. The van der Waals surface area contributed by atoms with Crippen molar-refractivity contribution in [2.45, 2.75) is 39.0 Å². The van der Waals surface area contributed by atoms with Crippen molar-refractivity contribution in [3.05, 3.63) is 0 Å². The molecule has 0 heterocycles. The van der Waals surface area contributed by atoms with Crippen LogP contribution in [-0.2, 0) is 24.0 Å². The second kappa shape index (κ2) is 7.81. The molecular weight excluding hydrogens is 238 g/mol. The fourth-order valence-electron chi connectivity index (χ4n) is 1.94. The minimum absolute atomic E-state index is 0.0557. The molecule has 0 saturated heterocycles. The van der Waals surface area contributed by atoms with Gasteiger partial charge in [0.05, 0.1) is 5.92 Å². The van der Waals surface area contributed by atoms with Gasteiger partial charge < -0.3 is 4.74 Å². The van der Waals surface area contributed by atoms with Gasteiger partial charge in [-0.25, -0.2) is 9.90 Å². The zero-order valence-corrected chi connectivity index (χ0v) is 10.6. The van der Waals surface area contributed by atoms with Crippen molar-refractivity contribution in [2.24, 2.45) is 5.92 Å². The van der Waals surface area contributed by atoms with Crippen molar-refractivity contribution in [1.82, 2.24) is 5.06 Å². The van der Waals surface area contributed by atoms with Crippen LogP contribution in [0.25, 0.3) is 0 Å². The third-order valence-electron chi connectivity index (χ3n) is 2.85. The third-order valence-corrected chi connectivity index (χ3v) is 2.85. The molecule has 1 aliphatic rings. The Morgan fingerprint density at radius 1 is 1.28 bits per heavy atom. The van der Waals surface area contributed by atoms with Crippen molar-refractivity contribution in [3.63, 3.8) is 0 Å². The van der Waals surface area contributed by atoms with Crippen LogP contribution in [-0.4, -0.2) is 36.6 Å². The largest absolute Gasteiger partial charge is 0.436 e. The molecule has 1 fully saturated rings. The molecule has 0 bridgehead atoms. The molecule has 1 aliphatic carbocycles. The van der Waals surface area contributed by atoms with Crippen LogP contribution < -0.4 is 0 Å². The summed E-state index contributed by atoms with van der Waals surface area (Å²) in [6, 6.07) is 0. The lowest BCUT2D eigenvalue weighted by Gasteiger charge is -2.20. The zero-order valence-electron chi connectivity index (χ0n) is 10.6. The van der Waals surface area contributed by atoms with Gasteiger partial charge in [0, 0.05) is 0 Å². The summed E-state index contributed by atoms with van der Waals surface area (Å²) in [6.07, 6.45) is 5.35. The molecule has 0 aliphatic heterocycles. The molecule has 0 atom stereocenters. The normalized spacial score (nSPS) is 16.1. The van der Waals surface area contributed by atoms with Crippen LogP contribution in [0, 0.1) is 5.92 Å². The van der Waals surface area contributed by atoms with E-state index in [0.717, 1.165) is 37.2 Å². The number of amides is 1. The van der Waals surface area contributed by atoms with Gasteiger partial charge in [-0.2, -0.15) is 0 Å². The number of Topliss-reactive ketones (excluding diaryl/α,β-unsaturated/α-hetero) is 1. The van der Waals surface area contributed by atoms with Gasteiger partial charge in [0.25, 0.3) is 0 Å². The average molecular weight is 257 g/mol. The number of carbonyl (C=O) groups excluding carboxylic acids is 3. The van der Waals surface area contributed by atoms with Gasteiger partial charge in [0.15, 0.2) is 5.78 Å². The molecule has 6 nitrogen and oxygen atoms in total. The highest BCUT2D eigenvalue weighted by atomic mass is 16.8. The van der Waals surface area contributed by atoms with Gasteiger partial charge in [-0.1, -0.05) is 19.3 Å². The minimum Gasteiger partial charge on any atom is -0.436 e. The van der Waals surface area contributed by atoms with Gasteiger partial charge in [-0.05, 0) is 19.8 Å². The maximum absolute atomic E-state index is 11.6. The fraction of sp³-hybridized carbons (Fsp3) is 0.750. The Bertz CT molecular complexity index is 299. The van der Waals surface area contributed by atoms with Crippen molar-refractivity contribution >= 4 is 18.2 Å². The first-order valence-electron chi connectivity index (χ1n) is 6.14. The molecule has 0 aromatic heterocycles. The summed E-state index contributed by atoms with van der Waals surface area (Å²) in [5.41, 5.74) is 0. The summed E-state index contributed by atoms with van der Waals surface area (Å²) >= 11 is 0. The number of esters is 1. The Hall–Kier alpha value is -1.43. The Morgan fingerprint density at radius 2 is 1.94 bits per heavy atom. The topological polar surface area (TPSA) is 72.9 Å². The second-order valence-corrected chi connectivity index (χ2v) is 4.43. The quantitative estimate of drug-likeness (QED) is 0.295. The molecular formula is C12H19NO5. The van der Waals surface area contributed by atoms with Crippen LogP contribution in [0.5, 0.6) is 0 Å². The SMILES string of the molecule is CC(=O)CN(C=O)OCOC(=O)C1CCCCC1. The van der Waals surface area contributed by atoms with E-state index in [1.165, 1.54) is 6.92 Å². The fourth-order valence-corrected chi connectivity index (χ4v) is 1.94. The smallest absolute Gasteiger partial charge is 0.311 e. The number of nitrogens with zero attached hydrogens (tertiary/aromatic N) is 1. The van der Waals surface area contributed by atoms with Crippen molar-refractivity contribution in [2.75, 3.05) is 13.3 Å². The summed E-state index contributed by atoms with van der Waals surface area (Å²) in [5, 5.41) is 0.816. The number of hydrogen-bond acceptors (Lipinski definition) is 5. The molecule has 0 radical (unpaired) electrons. The Morgan fingerprint density at radius 3 is 2.50 bits per heavy atom. The lowest BCUT2D eigenvalue weighted by molar-refractivity contribution is -0.216. The Kier molecular flexibility index (Phi) is 6.35. The summed E-state index contributed by atoms with van der Waals surface area (Å²) in [4.78, 5) is 37.8. The van der Waals surface area contributed by atoms with Gasteiger partial charge in [-0.3, -0.25) is 14.4 Å². The highest BCUT2D eigenvalue weighted by Crippen LogP contribution is 2.24. The minimum atomic E-state index is -0.332. The van der Waals surface area contributed by atoms with E-state index < -0.39 is 0 Å². The first-order chi connectivity index (χ1) is 8.63. The van der Waals surface area contributed by atoms with E-state index in [9.17, 15) is 14.4 Å². The molecule has 0 spiro atoms. The number of rotatable bonds is 7. The molecule has 1 rings (SSSR count). The highest BCUT2D eigenvalue weighted by molar-refractivity contribution is 5.79. The Balaban J connectivity index is 2.20. The summed E-state index contributed by atoms with van der Waals surface area (Å²) in [6.45, 7) is 0.861. The molecule has 102 valence electrons. The zero-order chi connectivity index (χ0) is 13.4. The van der Waals surface area contributed by atoms with Gasteiger partial charge in [-0.15, -0.1) is 0 Å². The van der Waals surface area contributed by atoms with Crippen LogP contribution in [0.3, 0.4) is 0 Å². The number of hydroxylamine groups is 2. The van der Waals surface area contributed by atoms with E-state index in [0.29, 0.717) is 6.41 Å². The Labute approximate surface area is 106 Å². The van der Waals surface area contributed by atoms with E-state index in [-0.39, 0.29) is 31.0 Å². The van der Waals surface area contributed by atoms with Gasteiger partial charge in [0.2, 0.25) is 13.2 Å². The molecule has 6 heteroatoms. The molecule has 0 N–H and O–H groups in total. The van der Waals surface area contributed by atoms with Crippen molar-refractivity contribution in [1.29, 1.82) is 0 Å². The van der Waals surface area contributed by atoms with Crippen LogP contribution in [0.1, 0.15) is 39.0 Å². The van der Waals surface area contributed by atoms with Crippen molar-refractivity contribution < 1.29 is 24.0 Å². The molecule has 1 saturated carbocycles. The monoisotopic (exact) mass is 257 g/mol. The maximum atomic E-state index is 11.6. The van der Waals surface area contributed by atoms with Crippen molar-refractivity contribution in [3.8, 4) is 0 Å². The first-order valence-corrected chi connectivity index (χ1v) is 6.14. The molecule has 1 amide bonds. The summed E-state index contributed by atoms with van der Waals surface area (Å²) in [7, 11) is 0. The van der Waals surface area contributed by atoms with E-state index in [1.807, 2.05) is 0 Å². The van der Waals surface area contributed by atoms with E-state index >= 15 is 0 Å². The maximum Gasteiger partial charge on any atom is 0.311 e. The standard InChI is InChI=1S/C12H19NO5/c1-10(15)7-13(8-14)18-9-17-12(16)11-5-3-2-4-6-11/h8,11H,2-7,9H2,1H3. The number of ketones is 1. The van der Waals surface area contributed by atoms with Crippen LogP contribution in [0.4, 0.5) is 0 Å². The predicted molar refractivity (Wildman–Crippen MR) is 62.1 cm³/mol. The van der Waals surface area contributed by atoms with Crippen LogP contribution in [0.2, 0.25) is 0 Å². The van der Waals surface area contributed by atoms with Crippen LogP contribution >= 0.6 is 0 Å². The summed E-state index contributed by atoms with van der Waals surface area (Å²) in [5.74, 6) is -0.552. The third kappa shape index (κ3) is 5.27. The molecule has 0 aromatic rings. The lowest BCUT2D eigenvalue weighted by Crippen LogP contribution is -2.30. The van der Waals surface area contributed by atoms with E-state index in [1.54, 1.807) is 0 Å². The lowest BCUT2D eigenvalue weighted by atomic mass is 9.89. The van der Waals surface area contributed by atoms with E-state index in [4.69, 9.17) is 9.57 Å².